The zero-order valence-electron chi connectivity index (χ0n) is 14.1. The fourth-order valence-electron chi connectivity index (χ4n) is 2.13. The summed E-state index contributed by atoms with van der Waals surface area (Å²) in [5.74, 6) is -0.607. The van der Waals surface area contributed by atoms with E-state index in [9.17, 15) is 14.0 Å². The predicted molar refractivity (Wildman–Crippen MR) is 88.3 cm³/mol. The maximum Gasteiger partial charge on any atom is 0.221 e. The van der Waals surface area contributed by atoms with Crippen molar-refractivity contribution < 1.29 is 14.0 Å². The quantitative estimate of drug-likeness (QED) is 0.703. The third-order valence-electron chi connectivity index (χ3n) is 3.48. The van der Waals surface area contributed by atoms with Crippen LogP contribution in [0.4, 0.5) is 4.39 Å². The summed E-state index contributed by atoms with van der Waals surface area (Å²) in [6.45, 7) is 3.41. The van der Waals surface area contributed by atoms with Gasteiger partial charge in [0, 0.05) is 38.5 Å². The van der Waals surface area contributed by atoms with Crippen LogP contribution in [0.5, 0.6) is 0 Å². The number of hydrogen-bond donors (Lipinski definition) is 1. The minimum Gasteiger partial charge on any atom is -0.356 e. The number of nitrogens with zero attached hydrogens (tertiary/aromatic N) is 2. The van der Waals surface area contributed by atoms with Crippen molar-refractivity contribution in [1.29, 1.82) is 0 Å². The zero-order chi connectivity index (χ0) is 17.2. The van der Waals surface area contributed by atoms with Gasteiger partial charge in [-0.15, -0.1) is 0 Å². The lowest BCUT2D eigenvalue weighted by Crippen LogP contribution is -2.34. The molecule has 0 aliphatic carbocycles. The Bertz CT molecular complexity index is 520. The molecule has 0 spiro atoms. The van der Waals surface area contributed by atoms with Crippen molar-refractivity contribution in [3.8, 4) is 0 Å². The molecule has 0 saturated carbocycles. The minimum atomic E-state index is -0.341. The second-order valence-corrected chi connectivity index (χ2v) is 5.79. The van der Waals surface area contributed by atoms with Gasteiger partial charge in [-0.3, -0.25) is 9.59 Å². The van der Waals surface area contributed by atoms with Crippen LogP contribution in [0.3, 0.4) is 0 Å². The van der Waals surface area contributed by atoms with Gasteiger partial charge in [-0.2, -0.15) is 0 Å². The van der Waals surface area contributed by atoms with Crippen LogP contribution in [0.1, 0.15) is 25.3 Å². The number of carbonyl (C=O) groups excluding carboxylic acids is 2. The highest BCUT2D eigenvalue weighted by molar-refractivity contribution is 5.78. The average Bonchev–Trinajstić information content (AvgIpc) is 2.49. The van der Waals surface area contributed by atoms with E-state index in [0.717, 1.165) is 13.0 Å². The molecule has 2 amide bonds. The van der Waals surface area contributed by atoms with Crippen LogP contribution in [0.15, 0.2) is 24.3 Å². The van der Waals surface area contributed by atoms with E-state index < -0.39 is 0 Å². The maximum atomic E-state index is 13.7. The Kier molecular flexibility index (Phi) is 8.26. The molecule has 1 N–H and O–H groups in total. The Morgan fingerprint density at radius 1 is 1.17 bits per heavy atom. The molecule has 0 saturated heterocycles. The normalized spacial score (nSPS) is 10.7. The highest BCUT2D eigenvalue weighted by Crippen LogP contribution is 2.10. The van der Waals surface area contributed by atoms with Gasteiger partial charge in [0.2, 0.25) is 11.8 Å². The standard InChI is InChI=1S/C17H26FN3O2/c1-14(22)21(13-15-7-4-5-8-16(15)18)12-9-17(23)19-10-6-11-20(2)3/h4-5,7-8H,6,9-13H2,1-3H3,(H,19,23). The first-order chi connectivity index (χ1) is 10.9. The van der Waals surface area contributed by atoms with E-state index >= 15 is 0 Å². The van der Waals surface area contributed by atoms with Crippen LogP contribution < -0.4 is 5.32 Å². The van der Waals surface area contributed by atoms with Crippen LogP contribution in [-0.2, 0) is 16.1 Å². The first-order valence-corrected chi connectivity index (χ1v) is 7.80. The van der Waals surface area contributed by atoms with E-state index in [1.54, 1.807) is 18.2 Å². The van der Waals surface area contributed by atoms with Crippen molar-refractivity contribution in [2.45, 2.75) is 26.3 Å². The zero-order valence-corrected chi connectivity index (χ0v) is 14.1. The number of amides is 2. The van der Waals surface area contributed by atoms with Gasteiger partial charge >= 0.3 is 0 Å². The second kappa shape index (κ2) is 9.94. The van der Waals surface area contributed by atoms with Crippen molar-refractivity contribution in [3.05, 3.63) is 35.6 Å². The molecule has 1 rings (SSSR count). The van der Waals surface area contributed by atoms with Gasteiger partial charge in [0.05, 0.1) is 0 Å². The number of carbonyl (C=O) groups is 2. The molecule has 0 aliphatic rings. The van der Waals surface area contributed by atoms with E-state index in [4.69, 9.17) is 0 Å². The third kappa shape index (κ3) is 7.74. The summed E-state index contributed by atoms with van der Waals surface area (Å²) in [6, 6.07) is 6.35. The molecule has 0 heterocycles. The molecule has 0 bridgehead atoms. The summed E-state index contributed by atoms with van der Waals surface area (Å²) in [5, 5.41) is 2.83. The Morgan fingerprint density at radius 2 is 1.87 bits per heavy atom. The van der Waals surface area contributed by atoms with E-state index in [2.05, 4.69) is 10.2 Å². The molecule has 0 atom stereocenters. The fourth-order valence-corrected chi connectivity index (χ4v) is 2.13. The summed E-state index contributed by atoms with van der Waals surface area (Å²) in [6.07, 6.45) is 1.10. The molecule has 5 nitrogen and oxygen atoms in total. The Hall–Kier alpha value is -1.95. The number of hydrogen-bond acceptors (Lipinski definition) is 3. The number of nitrogens with one attached hydrogen (secondary N) is 1. The largest absolute Gasteiger partial charge is 0.356 e. The van der Waals surface area contributed by atoms with Crippen molar-refractivity contribution in [2.24, 2.45) is 0 Å². The molecule has 128 valence electrons. The van der Waals surface area contributed by atoms with Gasteiger partial charge < -0.3 is 15.1 Å². The lowest BCUT2D eigenvalue weighted by Gasteiger charge is -2.21. The highest BCUT2D eigenvalue weighted by Gasteiger charge is 2.13. The van der Waals surface area contributed by atoms with Gasteiger partial charge in [0.25, 0.3) is 0 Å². The van der Waals surface area contributed by atoms with Crippen molar-refractivity contribution >= 4 is 11.8 Å². The van der Waals surface area contributed by atoms with Crippen molar-refractivity contribution in [2.75, 3.05) is 33.7 Å². The molecular formula is C17H26FN3O2. The summed E-state index contributed by atoms with van der Waals surface area (Å²) in [4.78, 5) is 27.0. The number of rotatable bonds is 9. The smallest absolute Gasteiger partial charge is 0.221 e. The van der Waals surface area contributed by atoms with Gasteiger partial charge in [0.1, 0.15) is 5.82 Å². The Labute approximate surface area is 137 Å². The number of halogens is 1. The van der Waals surface area contributed by atoms with Gasteiger partial charge in [-0.1, -0.05) is 18.2 Å². The molecule has 0 aromatic heterocycles. The Balaban J connectivity index is 2.40. The monoisotopic (exact) mass is 323 g/mol. The molecule has 0 unspecified atom stereocenters. The molecule has 1 aromatic rings. The minimum absolute atomic E-state index is 0.0939. The van der Waals surface area contributed by atoms with Gasteiger partial charge in [0.15, 0.2) is 0 Å². The maximum absolute atomic E-state index is 13.7. The molecule has 23 heavy (non-hydrogen) atoms. The van der Waals surface area contributed by atoms with Crippen LogP contribution in [0, 0.1) is 5.82 Å². The number of benzene rings is 1. The van der Waals surface area contributed by atoms with E-state index in [0.29, 0.717) is 12.1 Å². The van der Waals surface area contributed by atoms with Crippen LogP contribution in [0.25, 0.3) is 0 Å². The first-order valence-electron chi connectivity index (χ1n) is 7.80. The van der Waals surface area contributed by atoms with Crippen molar-refractivity contribution in [1.82, 2.24) is 15.1 Å². The topological polar surface area (TPSA) is 52.7 Å². The summed E-state index contributed by atoms with van der Waals surface area (Å²) in [7, 11) is 3.96. The van der Waals surface area contributed by atoms with Crippen molar-refractivity contribution in [3.63, 3.8) is 0 Å². The van der Waals surface area contributed by atoms with E-state index in [-0.39, 0.29) is 37.1 Å². The molecule has 0 radical (unpaired) electrons. The summed E-state index contributed by atoms with van der Waals surface area (Å²) < 4.78 is 13.7. The summed E-state index contributed by atoms with van der Waals surface area (Å²) in [5.41, 5.74) is 0.453. The van der Waals surface area contributed by atoms with Gasteiger partial charge in [-0.25, -0.2) is 4.39 Å². The van der Waals surface area contributed by atoms with Crippen LogP contribution >= 0.6 is 0 Å². The predicted octanol–water partition coefficient (Wildman–Crippen LogP) is 1.63. The highest BCUT2D eigenvalue weighted by atomic mass is 19.1. The molecule has 0 fully saturated rings. The fraction of sp³-hybridized carbons (Fsp3) is 0.529. The lowest BCUT2D eigenvalue weighted by molar-refractivity contribution is -0.130. The molecule has 0 aliphatic heterocycles. The lowest BCUT2D eigenvalue weighted by atomic mass is 10.2. The molecule has 1 aromatic carbocycles. The Morgan fingerprint density at radius 3 is 2.48 bits per heavy atom. The third-order valence-corrected chi connectivity index (χ3v) is 3.48. The first kappa shape index (κ1) is 19.1. The molecular weight excluding hydrogens is 297 g/mol. The second-order valence-electron chi connectivity index (χ2n) is 5.79. The summed E-state index contributed by atoms with van der Waals surface area (Å²) >= 11 is 0. The van der Waals surface area contributed by atoms with E-state index in [1.807, 2.05) is 14.1 Å². The van der Waals surface area contributed by atoms with Crippen LogP contribution in [0.2, 0.25) is 0 Å². The molecule has 6 heteroatoms. The van der Waals surface area contributed by atoms with E-state index in [1.165, 1.54) is 17.9 Å². The average molecular weight is 323 g/mol. The van der Waals surface area contributed by atoms with Crippen LogP contribution in [-0.4, -0.2) is 55.3 Å². The SMILES string of the molecule is CC(=O)N(CCC(=O)NCCCN(C)C)Cc1ccccc1F. The van der Waals surface area contributed by atoms with Gasteiger partial charge in [-0.05, 0) is 33.1 Å².